The van der Waals surface area contributed by atoms with Gasteiger partial charge in [0.25, 0.3) is 10.0 Å². The number of hydrogen-bond donors (Lipinski definition) is 0. The molecule has 0 amide bonds. The summed E-state index contributed by atoms with van der Waals surface area (Å²) in [6.07, 6.45) is 0. The number of rotatable bonds is 2. The zero-order valence-electron chi connectivity index (χ0n) is 10.9. The molecular formula is C12H18N2O3S2. The second kappa shape index (κ2) is 5.14. The number of hydrogen-bond acceptors (Lipinski definition) is 5. The Morgan fingerprint density at radius 3 is 2.89 bits per heavy atom. The van der Waals surface area contributed by atoms with Gasteiger partial charge in [-0.15, -0.1) is 11.3 Å². The van der Waals surface area contributed by atoms with E-state index in [4.69, 9.17) is 4.74 Å². The summed E-state index contributed by atoms with van der Waals surface area (Å²) in [7, 11) is -1.33. The fraction of sp³-hybridized carbons (Fsp3) is 0.667. The minimum absolute atomic E-state index is 0.0791. The summed E-state index contributed by atoms with van der Waals surface area (Å²) in [5.41, 5.74) is 0. The summed E-state index contributed by atoms with van der Waals surface area (Å²) in [6, 6.07) is 3.38. The summed E-state index contributed by atoms with van der Waals surface area (Å²) in [6.45, 7) is 3.34. The molecule has 1 aromatic heterocycles. The normalized spacial score (nSPS) is 30.2. The summed E-state index contributed by atoms with van der Waals surface area (Å²) < 4.78 is 33.1. The lowest BCUT2D eigenvalue weighted by atomic mass is 10.1. The van der Waals surface area contributed by atoms with Gasteiger partial charge in [0.05, 0.1) is 19.3 Å². The molecular weight excluding hydrogens is 284 g/mol. The van der Waals surface area contributed by atoms with Crippen LogP contribution in [-0.2, 0) is 14.8 Å². The molecule has 2 aliphatic heterocycles. The average Bonchev–Trinajstić information content (AvgIpc) is 2.74. The topological polar surface area (TPSA) is 49.9 Å². The lowest BCUT2D eigenvalue weighted by molar-refractivity contribution is 0.0659. The number of thiophene rings is 1. The second-order valence-corrected chi connectivity index (χ2v) is 8.35. The lowest BCUT2D eigenvalue weighted by Crippen LogP contribution is -2.45. The molecule has 7 heteroatoms. The Hall–Kier alpha value is -0.470. The van der Waals surface area contributed by atoms with Crippen LogP contribution in [0.3, 0.4) is 0 Å². The van der Waals surface area contributed by atoms with Gasteiger partial charge in [-0.05, 0) is 18.5 Å². The van der Waals surface area contributed by atoms with Crippen LogP contribution in [0.1, 0.15) is 0 Å². The Morgan fingerprint density at radius 2 is 2.16 bits per heavy atom. The molecule has 2 fully saturated rings. The first-order chi connectivity index (χ1) is 9.07. The monoisotopic (exact) mass is 302 g/mol. The van der Waals surface area contributed by atoms with E-state index in [0.29, 0.717) is 24.0 Å². The van der Waals surface area contributed by atoms with E-state index in [0.717, 1.165) is 13.1 Å². The van der Waals surface area contributed by atoms with E-state index in [9.17, 15) is 8.42 Å². The molecule has 0 spiro atoms. The Balaban J connectivity index is 1.95. The van der Waals surface area contributed by atoms with Crippen LogP contribution in [0.25, 0.3) is 0 Å². The van der Waals surface area contributed by atoms with Crippen LogP contribution in [0.2, 0.25) is 0 Å². The highest BCUT2D eigenvalue weighted by molar-refractivity contribution is 7.91. The summed E-state index contributed by atoms with van der Waals surface area (Å²) >= 11 is 1.28. The van der Waals surface area contributed by atoms with E-state index < -0.39 is 10.0 Å². The Bertz CT molecular complexity index is 529. The van der Waals surface area contributed by atoms with Crippen LogP contribution in [0.15, 0.2) is 21.7 Å². The van der Waals surface area contributed by atoms with Crippen LogP contribution in [0, 0.1) is 5.92 Å². The van der Waals surface area contributed by atoms with Gasteiger partial charge in [0, 0.05) is 25.6 Å². The van der Waals surface area contributed by atoms with Gasteiger partial charge >= 0.3 is 0 Å². The number of nitrogens with zero attached hydrogens (tertiary/aromatic N) is 2. The van der Waals surface area contributed by atoms with Crippen molar-refractivity contribution in [2.24, 2.45) is 5.92 Å². The molecule has 5 nitrogen and oxygen atoms in total. The Kier molecular flexibility index (Phi) is 3.65. The van der Waals surface area contributed by atoms with Gasteiger partial charge in [-0.1, -0.05) is 6.07 Å². The molecule has 0 aromatic carbocycles. The largest absolute Gasteiger partial charge is 0.379 e. The van der Waals surface area contributed by atoms with Gasteiger partial charge in [-0.3, -0.25) is 0 Å². The SMILES string of the molecule is CN1C[C@@H]2COC[C@H](C1)N(S(=O)(=O)c1cccs1)C2. The predicted octanol–water partition coefficient (Wildman–Crippen LogP) is 0.699. The summed E-state index contributed by atoms with van der Waals surface area (Å²) in [5, 5.41) is 1.81. The first-order valence-electron chi connectivity index (χ1n) is 6.39. The number of ether oxygens (including phenoxy) is 1. The highest BCUT2D eigenvalue weighted by Gasteiger charge is 2.39. The van der Waals surface area contributed by atoms with E-state index in [2.05, 4.69) is 4.90 Å². The van der Waals surface area contributed by atoms with Gasteiger partial charge in [0.1, 0.15) is 4.21 Å². The van der Waals surface area contributed by atoms with Crippen molar-refractivity contribution in [2.75, 3.05) is 39.9 Å². The van der Waals surface area contributed by atoms with Crippen molar-refractivity contribution in [3.63, 3.8) is 0 Å². The van der Waals surface area contributed by atoms with Gasteiger partial charge in [-0.25, -0.2) is 8.42 Å². The van der Waals surface area contributed by atoms with Crippen LogP contribution in [0.5, 0.6) is 0 Å². The van der Waals surface area contributed by atoms with Gasteiger partial charge in [-0.2, -0.15) is 4.31 Å². The molecule has 2 bridgehead atoms. The zero-order valence-corrected chi connectivity index (χ0v) is 12.5. The number of likely N-dealkylation sites (N-methyl/N-ethyl adjacent to an activating group) is 1. The predicted molar refractivity (Wildman–Crippen MR) is 73.8 cm³/mol. The molecule has 0 N–H and O–H groups in total. The number of fused-ring (bicyclic) bond motifs is 3. The van der Waals surface area contributed by atoms with Crippen LogP contribution < -0.4 is 0 Å². The van der Waals surface area contributed by atoms with Crippen LogP contribution in [0.4, 0.5) is 0 Å². The van der Waals surface area contributed by atoms with Crippen molar-refractivity contribution in [3.8, 4) is 0 Å². The third-order valence-corrected chi connectivity index (χ3v) is 6.95. The van der Waals surface area contributed by atoms with E-state index in [-0.39, 0.29) is 12.0 Å². The van der Waals surface area contributed by atoms with Crippen molar-refractivity contribution in [3.05, 3.63) is 17.5 Å². The molecule has 0 radical (unpaired) electrons. The van der Waals surface area contributed by atoms with Crippen molar-refractivity contribution in [2.45, 2.75) is 10.3 Å². The quantitative estimate of drug-likeness (QED) is 0.807. The van der Waals surface area contributed by atoms with Gasteiger partial charge < -0.3 is 9.64 Å². The van der Waals surface area contributed by atoms with Crippen molar-refractivity contribution < 1.29 is 13.2 Å². The summed E-state index contributed by atoms with van der Waals surface area (Å²) in [5.74, 6) is 0.257. The molecule has 3 heterocycles. The van der Waals surface area contributed by atoms with Crippen LogP contribution >= 0.6 is 11.3 Å². The maximum Gasteiger partial charge on any atom is 0.252 e. The maximum absolute atomic E-state index is 12.7. The Morgan fingerprint density at radius 1 is 1.32 bits per heavy atom. The zero-order chi connectivity index (χ0) is 13.5. The molecule has 0 unspecified atom stereocenters. The second-order valence-electron chi connectivity index (χ2n) is 5.29. The van der Waals surface area contributed by atoms with E-state index in [1.54, 1.807) is 21.8 Å². The van der Waals surface area contributed by atoms with Crippen molar-refractivity contribution >= 4 is 21.4 Å². The van der Waals surface area contributed by atoms with E-state index >= 15 is 0 Å². The molecule has 0 aliphatic carbocycles. The fourth-order valence-corrected chi connectivity index (χ4v) is 5.66. The molecule has 3 rings (SSSR count). The average molecular weight is 302 g/mol. The first-order valence-corrected chi connectivity index (χ1v) is 8.71. The highest BCUT2D eigenvalue weighted by Crippen LogP contribution is 2.27. The van der Waals surface area contributed by atoms with Crippen molar-refractivity contribution in [1.29, 1.82) is 0 Å². The van der Waals surface area contributed by atoms with Crippen LogP contribution in [-0.4, -0.2) is 63.6 Å². The standard InChI is InChI=1S/C12H18N2O3S2/c1-13-5-10-6-14(11(7-13)9-17-8-10)19(15,16)12-3-2-4-18-12/h2-4,10-11H,5-9H2,1H3/t10-,11-/m0/s1. The molecule has 106 valence electrons. The molecule has 0 saturated carbocycles. The van der Waals surface area contributed by atoms with Crippen molar-refractivity contribution in [1.82, 2.24) is 9.21 Å². The molecule has 2 aliphatic rings. The van der Waals surface area contributed by atoms with Gasteiger partial charge in [0.2, 0.25) is 0 Å². The van der Waals surface area contributed by atoms with E-state index in [1.165, 1.54) is 11.3 Å². The smallest absolute Gasteiger partial charge is 0.252 e. The first kappa shape index (κ1) is 13.5. The molecule has 19 heavy (non-hydrogen) atoms. The third kappa shape index (κ3) is 2.57. The lowest BCUT2D eigenvalue weighted by Gasteiger charge is -2.28. The number of sulfonamides is 1. The minimum Gasteiger partial charge on any atom is -0.379 e. The summed E-state index contributed by atoms with van der Waals surface area (Å²) in [4.78, 5) is 2.21. The third-order valence-electron chi connectivity index (χ3n) is 3.66. The molecule has 1 aromatic rings. The highest BCUT2D eigenvalue weighted by atomic mass is 32.2. The fourth-order valence-electron chi connectivity index (χ4n) is 2.86. The minimum atomic E-state index is -3.37. The Labute approximate surface area is 117 Å². The molecule has 2 atom stereocenters. The van der Waals surface area contributed by atoms with E-state index in [1.807, 2.05) is 7.05 Å². The maximum atomic E-state index is 12.7. The molecule has 2 saturated heterocycles. The van der Waals surface area contributed by atoms with Gasteiger partial charge in [0.15, 0.2) is 0 Å².